The molecule has 0 radical (unpaired) electrons. The maximum absolute atomic E-state index is 12.8. The van der Waals surface area contributed by atoms with Crippen molar-refractivity contribution in [1.29, 1.82) is 5.41 Å². The second kappa shape index (κ2) is 12.6. The number of rotatable bonds is 10. The number of nitrogens with two attached hydrogens (primary N) is 1. The van der Waals surface area contributed by atoms with E-state index in [9.17, 15) is 9.59 Å². The number of carbonyl (C=O) groups is 1. The molecule has 0 aliphatic carbocycles. The highest BCUT2D eigenvalue weighted by Gasteiger charge is 2.16. The molecule has 1 amide bonds. The molecule has 5 rings (SSSR count). The second-order valence-corrected chi connectivity index (χ2v) is 9.99. The molecular formula is C29H35N9O2. The highest BCUT2D eigenvalue weighted by Crippen LogP contribution is 2.23. The summed E-state index contributed by atoms with van der Waals surface area (Å²) in [4.78, 5) is 32.9. The van der Waals surface area contributed by atoms with Gasteiger partial charge in [-0.2, -0.15) is 4.98 Å². The molecule has 1 fully saturated rings. The largest absolute Gasteiger partial charge is 0.370 e. The molecule has 2 aromatic heterocycles. The van der Waals surface area contributed by atoms with Gasteiger partial charge in [0.2, 0.25) is 0 Å². The Bertz CT molecular complexity index is 1520. The smallest absolute Gasteiger partial charge is 0.354 e. The van der Waals surface area contributed by atoms with E-state index in [0.29, 0.717) is 24.3 Å². The minimum absolute atomic E-state index is 0.0165. The fourth-order valence-electron chi connectivity index (χ4n) is 4.81. The van der Waals surface area contributed by atoms with E-state index < -0.39 is 0 Å². The summed E-state index contributed by atoms with van der Waals surface area (Å²) in [6.07, 6.45) is 4.53. The van der Waals surface area contributed by atoms with Crippen molar-refractivity contribution in [3.05, 3.63) is 82.4 Å². The highest BCUT2D eigenvalue weighted by atomic mass is 16.2. The van der Waals surface area contributed by atoms with E-state index in [4.69, 9.17) is 11.1 Å². The number of amides is 1. The Morgan fingerprint density at radius 3 is 2.55 bits per heavy atom. The number of nitrogens with zero attached hydrogens (tertiary/aromatic N) is 2. The van der Waals surface area contributed by atoms with E-state index >= 15 is 0 Å². The first kappa shape index (κ1) is 27.1. The predicted molar refractivity (Wildman–Crippen MR) is 157 cm³/mol. The molecular weight excluding hydrogens is 506 g/mol. The van der Waals surface area contributed by atoms with Crippen molar-refractivity contribution in [3.8, 4) is 16.9 Å². The van der Waals surface area contributed by atoms with Gasteiger partial charge in [0.15, 0.2) is 5.96 Å². The quantitative estimate of drug-likeness (QED) is 0.0914. The van der Waals surface area contributed by atoms with Crippen LogP contribution < -0.4 is 32.7 Å². The van der Waals surface area contributed by atoms with Crippen molar-refractivity contribution in [2.75, 3.05) is 26.2 Å². The van der Waals surface area contributed by atoms with Crippen LogP contribution in [0.3, 0.4) is 0 Å². The van der Waals surface area contributed by atoms with Gasteiger partial charge in [-0.05, 0) is 80.4 Å². The zero-order chi connectivity index (χ0) is 27.9. The molecule has 1 aliphatic heterocycles. The van der Waals surface area contributed by atoms with Crippen molar-refractivity contribution in [2.24, 2.45) is 5.73 Å². The van der Waals surface area contributed by atoms with Crippen molar-refractivity contribution in [3.63, 3.8) is 0 Å². The van der Waals surface area contributed by atoms with Crippen molar-refractivity contribution < 1.29 is 4.79 Å². The molecule has 40 heavy (non-hydrogen) atoms. The van der Waals surface area contributed by atoms with Crippen LogP contribution in [0.4, 0.5) is 0 Å². The number of hydrogen-bond acceptors (Lipinski definition) is 6. The maximum Gasteiger partial charge on any atom is 0.354 e. The summed E-state index contributed by atoms with van der Waals surface area (Å²) < 4.78 is 1.54. The first-order valence-electron chi connectivity index (χ1n) is 13.6. The molecule has 0 bridgehead atoms. The Balaban J connectivity index is 1.23. The van der Waals surface area contributed by atoms with Crippen LogP contribution in [0.15, 0.2) is 65.6 Å². The van der Waals surface area contributed by atoms with Crippen LogP contribution in [0.25, 0.3) is 28.0 Å². The number of fused-ring (bicyclic) bond motifs is 1. The molecule has 0 spiro atoms. The molecule has 0 saturated carbocycles. The van der Waals surface area contributed by atoms with Gasteiger partial charge in [0, 0.05) is 42.0 Å². The SMILES string of the molecule is N=C(N)NCCCNCc1ccc(-n2cc3cc(-c4ccc(C(=O)NC5CCNCC5)cc4)[nH]c3nc2=O)cc1. The molecule has 8 N–H and O–H groups in total. The third kappa shape index (κ3) is 6.74. The number of H-pyrrole nitrogens is 1. The van der Waals surface area contributed by atoms with E-state index in [1.165, 1.54) is 0 Å². The summed E-state index contributed by atoms with van der Waals surface area (Å²) in [7, 11) is 0. The van der Waals surface area contributed by atoms with Crippen molar-refractivity contribution in [2.45, 2.75) is 31.8 Å². The van der Waals surface area contributed by atoms with Crippen LogP contribution in [0, 0.1) is 5.41 Å². The maximum atomic E-state index is 12.8. The van der Waals surface area contributed by atoms with E-state index in [0.717, 1.165) is 66.8 Å². The number of hydrogen-bond donors (Lipinski definition) is 7. The summed E-state index contributed by atoms with van der Waals surface area (Å²) in [5.41, 5.74) is 9.62. The fraction of sp³-hybridized carbons (Fsp3) is 0.310. The number of guanidine groups is 1. The number of benzene rings is 2. The zero-order valence-corrected chi connectivity index (χ0v) is 22.3. The number of piperidine rings is 1. The molecule has 208 valence electrons. The Morgan fingerprint density at radius 2 is 1.82 bits per heavy atom. The van der Waals surface area contributed by atoms with E-state index in [2.05, 4.69) is 31.2 Å². The second-order valence-electron chi connectivity index (χ2n) is 9.99. The molecule has 4 aromatic rings. The molecule has 0 atom stereocenters. The van der Waals surface area contributed by atoms with E-state index in [1.54, 1.807) is 10.8 Å². The molecule has 0 unspecified atom stereocenters. The third-order valence-corrected chi connectivity index (χ3v) is 7.03. The summed E-state index contributed by atoms with van der Waals surface area (Å²) >= 11 is 0. The monoisotopic (exact) mass is 541 g/mol. The van der Waals surface area contributed by atoms with Crippen LogP contribution in [-0.2, 0) is 6.54 Å². The molecule has 11 nitrogen and oxygen atoms in total. The topological polar surface area (TPSA) is 166 Å². The van der Waals surface area contributed by atoms with Gasteiger partial charge in [0.25, 0.3) is 5.91 Å². The first-order chi connectivity index (χ1) is 19.5. The summed E-state index contributed by atoms with van der Waals surface area (Å²) in [5.74, 6) is -0.0744. The highest BCUT2D eigenvalue weighted by molar-refractivity contribution is 5.95. The minimum atomic E-state index is -0.366. The van der Waals surface area contributed by atoms with Crippen LogP contribution in [0.5, 0.6) is 0 Å². The summed E-state index contributed by atoms with van der Waals surface area (Å²) in [5, 5.41) is 20.5. The summed E-state index contributed by atoms with van der Waals surface area (Å²) in [6.45, 7) is 4.00. The lowest BCUT2D eigenvalue weighted by atomic mass is 10.0. The van der Waals surface area contributed by atoms with Gasteiger partial charge >= 0.3 is 5.69 Å². The lowest BCUT2D eigenvalue weighted by Gasteiger charge is -2.23. The summed E-state index contributed by atoms with van der Waals surface area (Å²) in [6, 6.07) is 17.4. The number of nitrogens with one attached hydrogen (secondary N) is 6. The van der Waals surface area contributed by atoms with E-state index in [-0.39, 0.29) is 23.6 Å². The third-order valence-electron chi connectivity index (χ3n) is 7.03. The molecule has 1 saturated heterocycles. The van der Waals surface area contributed by atoms with Crippen LogP contribution in [0.1, 0.15) is 35.2 Å². The Hall–Kier alpha value is -4.48. The van der Waals surface area contributed by atoms with Gasteiger partial charge < -0.3 is 32.0 Å². The minimum Gasteiger partial charge on any atom is -0.370 e. The van der Waals surface area contributed by atoms with Gasteiger partial charge in [-0.15, -0.1) is 0 Å². The molecule has 11 heteroatoms. The van der Waals surface area contributed by atoms with Gasteiger partial charge in [-0.25, -0.2) is 4.79 Å². The Labute approximate surface area is 232 Å². The van der Waals surface area contributed by atoms with Crippen molar-refractivity contribution in [1.82, 2.24) is 35.8 Å². The van der Waals surface area contributed by atoms with Gasteiger partial charge in [-0.1, -0.05) is 24.3 Å². The Morgan fingerprint density at radius 1 is 1.07 bits per heavy atom. The number of aromatic nitrogens is 3. The number of aromatic amines is 1. The lowest BCUT2D eigenvalue weighted by molar-refractivity contribution is 0.0929. The average Bonchev–Trinajstić information content (AvgIpc) is 3.38. The average molecular weight is 542 g/mol. The zero-order valence-electron chi connectivity index (χ0n) is 22.3. The predicted octanol–water partition coefficient (Wildman–Crippen LogP) is 1.83. The Kier molecular flexibility index (Phi) is 8.53. The molecule has 2 aromatic carbocycles. The van der Waals surface area contributed by atoms with Crippen LogP contribution in [-0.4, -0.2) is 58.6 Å². The standard InChI is InChI=1S/C29H35N9O2/c30-28(31)34-13-1-12-33-17-19-2-8-24(9-3-19)38-18-22-16-25(36-26(22)37-29(38)40)20-4-6-21(7-5-20)27(39)35-23-10-14-32-15-11-23/h2-9,16,18,23,32-33H,1,10-15,17H2,(H,35,39)(H4,30,31,34)(H,36,37,40). The normalized spacial score (nSPS) is 13.8. The molecule has 1 aliphatic rings. The van der Waals surface area contributed by atoms with Crippen LogP contribution in [0.2, 0.25) is 0 Å². The van der Waals surface area contributed by atoms with Gasteiger partial charge in [0.05, 0.1) is 5.69 Å². The van der Waals surface area contributed by atoms with E-state index in [1.807, 2.05) is 54.6 Å². The molecule has 3 heterocycles. The van der Waals surface area contributed by atoms with Crippen molar-refractivity contribution >= 4 is 22.9 Å². The number of carbonyl (C=O) groups excluding carboxylic acids is 1. The lowest BCUT2D eigenvalue weighted by Crippen LogP contribution is -2.42. The van der Waals surface area contributed by atoms with Crippen LogP contribution >= 0.6 is 0 Å². The first-order valence-corrected chi connectivity index (χ1v) is 13.6. The van der Waals surface area contributed by atoms with Gasteiger partial charge in [-0.3, -0.25) is 14.8 Å². The van der Waals surface area contributed by atoms with Gasteiger partial charge in [0.1, 0.15) is 5.65 Å². The fourth-order valence-corrected chi connectivity index (χ4v) is 4.81.